The van der Waals surface area contributed by atoms with Gasteiger partial charge in [0, 0.05) is 61.3 Å². The smallest absolute Gasteiger partial charge is 0.257 e. The van der Waals surface area contributed by atoms with Gasteiger partial charge in [-0.2, -0.15) is 4.98 Å². The summed E-state index contributed by atoms with van der Waals surface area (Å²) in [6, 6.07) is 14.7. The topological polar surface area (TPSA) is 105 Å². The van der Waals surface area contributed by atoms with Crippen molar-refractivity contribution in [3.8, 4) is 11.4 Å². The molecule has 1 fully saturated rings. The molecule has 0 saturated carbocycles. The van der Waals surface area contributed by atoms with Crippen LogP contribution in [0.4, 0.5) is 23.0 Å². The highest BCUT2D eigenvalue weighted by Crippen LogP contribution is 2.33. The van der Waals surface area contributed by atoms with Crippen LogP contribution in [0.25, 0.3) is 16.7 Å². The molecule has 3 heterocycles. The van der Waals surface area contributed by atoms with Crippen molar-refractivity contribution in [1.82, 2.24) is 19.4 Å². The van der Waals surface area contributed by atoms with Gasteiger partial charge < -0.3 is 25.2 Å². The van der Waals surface area contributed by atoms with E-state index in [1.165, 1.54) is 10.6 Å². The SMILES string of the molecule is C=CC(=O)Nc1cccc(-n2c(=O)cc(C)c3cnc(Nc4ccc(N5CCN(C)CC5)cc4OCCC)nc32)c1. The van der Waals surface area contributed by atoms with E-state index in [2.05, 4.69) is 58.1 Å². The molecule has 10 heteroatoms. The molecule has 10 nitrogen and oxygen atoms in total. The maximum absolute atomic E-state index is 13.2. The number of aryl methyl sites for hydroxylation is 1. The van der Waals surface area contributed by atoms with Crippen molar-refractivity contribution < 1.29 is 9.53 Å². The number of likely N-dealkylation sites (N-methyl/N-ethyl adjacent to an activating group) is 1. The van der Waals surface area contributed by atoms with E-state index in [9.17, 15) is 9.59 Å². The molecule has 212 valence electrons. The van der Waals surface area contributed by atoms with Gasteiger partial charge in [0.2, 0.25) is 11.9 Å². The first kappa shape index (κ1) is 27.9. The van der Waals surface area contributed by atoms with Crippen molar-refractivity contribution in [2.45, 2.75) is 20.3 Å². The Morgan fingerprint density at radius 2 is 1.90 bits per heavy atom. The molecule has 0 unspecified atom stereocenters. The number of aromatic nitrogens is 3. The fraction of sp³-hybridized carbons (Fsp3) is 0.290. The quantitative estimate of drug-likeness (QED) is 0.292. The lowest BCUT2D eigenvalue weighted by Crippen LogP contribution is -2.44. The van der Waals surface area contributed by atoms with E-state index >= 15 is 0 Å². The monoisotopic (exact) mass is 553 g/mol. The van der Waals surface area contributed by atoms with Crippen LogP contribution in [0.15, 0.2) is 72.2 Å². The second-order valence-corrected chi connectivity index (χ2v) is 10.1. The zero-order chi connectivity index (χ0) is 28.9. The first-order chi connectivity index (χ1) is 19.9. The van der Waals surface area contributed by atoms with Crippen LogP contribution >= 0.6 is 0 Å². The van der Waals surface area contributed by atoms with Gasteiger partial charge in [-0.05, 0) is 62.4 Å². The number of benzene rings is 2. The summed E-state index contributed by atoms with van der Waals surface area (Å²) in [5.41, 5.74) is 3.94. The van der Waals surface area contributed by atoms with Crippen molar-refractivity contribution in [2.24, 2.45) is 0 Å². The Morgan fingerprint density at radius 3 is 2.66 bits per heavy atom. The molecule has 4 aromatic rings. The molecule has 0 atom stereocenters. The van der Waals surface area contributed by atoms with Gasteiger partial charge >= 0.3 is 0 Å². The normalized spacial score (nSPS) is 13.7. The average Bonchev–Trinajstić information content (AvgIpc) is 2.97. The van der Waals surface area contributed by atoms with Crippen LogP contribution in [-0.4, -0.2) is 65.2 Å². The summed E-state index contributed by atoms with van der Waals surface area (Å²) in [4.78, 5) is 39.1. The van der Waals surface area contributed by atoms with Gasteiger partial charge in [0.25, 0.3) is 5.56 Å². The minimum atomic E-state index is -0.336. The maximum Gasteiger partial charge on any atom is 0.257 e. The first-order valence-corrected chi connectivity index (χ1v) is 13.8. The molecule has 0 spiro atoms. The van der Waals surface area contributed by atoms with E-state index in [0.29, 0.717) is 29.6 Å². The Morgan fingerprint density at radius 1 is 1.10 bits per heavy atom. The molecule has 5 rings (SSSR count). The fourth-order valence-electron chi connectivity index (χ4n) is 4.81. The van der Waals surface area contributed by atoms with Crippen LogP contribution in [0, 0.1) is 6.92 Å². The summed E-state index contributed by atoms with van der Waals surface area (Å²) in [5, 5.41) is 6.80. The van der Waals surface area contributed by atoms with Crippen LogP contribution < -0.4 is 25.8 Å². The molecule has 2 N–H and O–H groups in total. The number of anilines is 4. The molecule has 2 aromatic heterocycles. The number of piperazine rings is 1. The summed E-state index contributed by atoms with van der Waals surface area (Å²) in [7, 11) is 2.14. The summed E-state index contributed by atoms with van der Waals surface area (Å²) in [6.07, 6.45) is 3.79. The summed E-state index contributed by atoms with van der Waals surface area (Å²) >= 11 is 0. The number of fused-ring (bicyclic) bond motifs is 1. The van der Waals surface area contributed by atoms with Gasteiger partial charge in [-0.3, -0.25) is 14.2 Å². The number of ether oxygens (including phenoxy) is 1. The van der Waals surface area contributed by atoms with Gasteiger partial charge in [-0.1, -0.05) is 19.6 Å². The van der Waals surface area contributed by atoms with Crippen LogP contribution in [0.3, 0.4) is 0 Å². The third kappa shape index (κ3) is 6.22. The third-order valence-corrected chi connectivity index (χ3v) is 7.06. The van der Waals surface area contributed by atoms with Crippen molar-refractivity contribution in [3.05, 3.63) is 83.3 Å². The minimum Gasteiger partial charge on any atom is -0.491 e. The molecule has 1 amide bonds. The number of amides is 1. The molecule has 1 aliphatic heterocycles. The van der Waals surface area contributed by atoms with E-state index in [1.54, 1.807) is 36.5 Å². The summed E-state index contributed by atoms with van der Waals surface area (Å²) in [6.45, 7) is 12.0. The Labute approximate surface area is 239 Å². The lowest BCUT2D eigenvalue weighted by atomic mass is 10.2. The molecular formula is C31H35N7O3. The maximum atomic E-state index is 13.2. The Kier molecular flexibility index (Phi) is 8.30. The number of hydrogen-bond donors (Lipinski definition) is 2. The van der Waals surface area contributed by atoms with Crippen molar-refractivity contribution >= 4 is 40.0 Å². The number of carbonyl (C=O) groups excluding carboxylic acids is 1. The average molecular weight is 554 g/mol. The zero-order valence-electron chi connectivity index (χ0n) is 23.7. The molecule has 0 bridgehead atoms. The molecule has 0 aliphatic carbocycles. The highest BCUT2D eigenvalue weighted by atomic mass is 16.5. The van der Waals surface area contributed by atoms with E-state index in [0.717, 1.165) is 60.7 Å². The molecule has 1 aliphatic rings. The predicted molar refractivity (Wildman–Crippen MR) is 164 cm³/mol. The molecule has 41 heavy (non-hydrogen) atoms. The second-order valence-electron chi connectivity index (χ2n) is 10.1. The van der Waals surface area contributed by atoms with Crippen LogP contribution in [-0.2, 0) is 4.79 Å². The standard InChI is InChI=1S/C31H35N7O3/c1-5-16-41-27-19-23(37-14-12-36(4)13-15-37)10-11-26(27)34-31-32-20-25-21(3)17-29(40)38(30(25)35-31)24-9-7-8-22(18-24)33-28(39)6-2/h6-11,17-20H,2,5,12-16H2,1,3-4H3,(H,33,39)(H,32,34,35). The predicted octanol–water partition coefficient (Wildman–Crippen LogP) is 4.50. The fourth-order valence-corrected chi connectivity index (χ4v) is 4.81. The van der Waals surface area contributed by atoms with Crippen molar-refractivity contribution in [3.63, 3.8) is 0 Å². The van der Waals surface area contributed by atoms with Gasteiger partial charge in [-0.15, -0.1) is 0 Å². The van der Waals surface area contributed by atoms with Gasteiger partial charge in [0.1, 0.15) is 5.75 Å². The zero-order valence-corrected chi connectivity index (χ0v) is 23.7. The number of hydrogen-bond acceptors (Lipinski definition) is 8. The Bertz CT molecular complexity index is 1640. The molecule has 0 radical (unpaired) electrons. The largest absolute Gasteiger partial charge is 0.491 e. The number of pyridine rings is 1. The molecular weight excluding hydrogens is 518 g/mol. The van der Waals surface area contributed by atoms with Crippen LogP contribution in [0.5, 0.6) is 5.75 Å². The van der Waals surface area contributed by atoms with E-state index in [4.69, 9.17) is 9.72 Å². The Hall–Kier alpha value is -4.70. The van der Waals surface area contributed by atoms with Gasteiger partial charge in [0.15, 0.2) is 5.65 Å². The van der Waals surface area contributed by atoms with Crippen LogP contribution in [0.2, 0.25) is 0 Å². The number of nitrogens with zero attached hydrogens (tertiary/aromatic N) is 5. The van der Waals surface area contributed by atoms with Gasteiger partial charge in [-0.25, -0.2) is 4.98 Å². The number of carbonyl (C=O) groups is 1. The van der Waals surface area contributed by atoms with Crippen molar-refractivity contribution in [1.29, 1.82) is 0 Å². The molecule has 2 aromatic carbocycles. The number of nitrogens with one attached hydrogen (secondary N) is 2. The summed E-state index contributed by atoms with van der Waals surface area (Å²) in [5.74, 6) is 0.720. The highest BCUT2D eigenvalue weighted by molar-refractivity contribution is 5.99. The second kappa shape index (κ2) is 12.2. The van der Waals surface area contributed by atoms with E-state index in [1.807, 2.05) is 13.0 Å². The third-order valence-electron chi connectivity index (χ3n) is 7.06. The highest BCUT2D eigenvalue weighted by Gasteiger charge is 2.18. The summed E-state index contributed by atoms with van der Waals surface area (Å²) < 4.78 is 7.65. The lowest BCUT2D eigenvalue weighted by molar-refractivity contribution is -0.111. The molecule has 1 saturated heterocycles. The van der Waals surface area contributed by atoms with E-state index < -0.39 is 0 Å². The van der Waals surface area contributed by atoms with E-state index in [-0.39, 0.29) is 11.5 Å². The van der Waals surface area contributed by atoms with Crippen molar-refractivity contribution in [2.75, 3.05) is 55.4 Å². The number of rotatable bonds is 9. The lowest BCUT2D eigenvalue weighted by Gasteiger charge is -2.34. The van der Waals surface area contributed by atoms with Crippen LogP contribution in [0.1, 0.15) is 18.9 Å². The van der Waals surface area contributed by atoms with Gasteiger partial charge in [0.05, 0.1) is 18.0 Å². The Balaban J connectivity index is 1.52. The minimum absolute atomic E-state index is 0.240. The first-order valence-electron chi connectivity index (χ1n) is 13.8.